The fourth-order valence-electron chi connectivity index (χ4n) is 2.78. The quantitative estimate of drug-likeness (QED) is 0.742. The molecule has 0 spiro atoms. The van der Waals surface area contributed by atoms with Crippen molar-refractivity contribution in [2.75, 3.05) is 31.0 Å². The van der Waals surface area contributed by atoms with E-state index < -0.39 is 0 Å². The summed E-state index contributed by atoms with van der Waals surface area (Å²) in [4.78, 5) is 14.2. The number of halogens is 1. The van der Waals surface area contributed by atoms with Crippen molar-refractivity contribution >= 4 is 33.6 Å². The van der Waals surface area contributed by atoms with E-state index >= 15 is 0 Å². The Bertz CT molecular complexity index is 540. The highest BCUT2D eigenvalue weighted by molar-refractivity contribution is 9.09. The van der Waals surface area contributed by atoms with Crippen LogP contribution < -0.4 is 9.47 Å². The predicted octanol–water partition coefficient (Wildman–Crippen LogP) is 3.60. The smallest absolute Gasteiger partial charge is 0.231 e. The van der Waals surface area contributed by atoms with Gasteiger partial charge in [-0.1, -0.05) is 22.0 Å². The van der Waals surface area contributed by atoms with E-state index in [1.54, 1.807) is 0 Å². The number of carbonyl (C=O) groups is 1. The van der Waals surface area contributed by atoms with E-state index in [4.69, 9.17) is 9.47 Å². The lowest BCUT2D eigenvalue weighted by Gasteiger charge is -2.20. The lowest BCUT2D eigenvalue weighted by atomic mass is 10.1. The van der Waals surface area contributed by atoms with Crippen LogP contribution >= 0.6 is 27.7 Å². The SMILES string of the molecule is O=C(CCCBr)N1CCSC(c2ccc3c(c2)OCO3)CC1. The van der Waals surface area contributed by atoms with E-state index in [-0.39, 0.29) is 5.91 Å². The van der Waals surface area contributed by atoms with Crippen molar-refractivity contribution in [3.8, 4) is 11.5 Å². The van der Waals surface area contributed by atoms with Crippen LogP contribution in [-0.4, -0.2) is 41.8 Å². The molecule has 2 aliphatic heterocycles. The standard InChI is InChI=1S/C16H20BrNO3S/c17-6-1-2-16(19)18-7-5-15(22-9-8-18)12-3-4-13-14(10-12)21-11-20-13/h3-4,10,15H,1-2,5-9,11H2. The number of nitrogens with zero attached hydrogens (tertiary/aromatic N) is 1. The van der Waals surface area contributed by atoms with Gasteiger partial charge in [0.1, 0.15) is 0 Å². The molecule has 1 aromatic carbocycles. The van der Waals surface area contributed by atoms with E-state index in [1.165, 1.54) is 5.56 Å². The van der Waals surface area contributed by atoms with Crippen molar-refractivity contribution in [2.24, 2.45) is 0 Å². The van der Waals surface area contributed by atoms with Crippen molar-refractivity contribution in [2.45, 2.75) is 24.5 Å². The first-order chi connectivity index (χ1) is 10.8. The van der Waals surface area contributed by atoms with Crippen LogP contribution in [0.1, 0.15) is 30.1 Å². The molecule has 0 aromatic heterocycles. The average Bonchev–Trinajstić information content (AvgIpc) is 2.87. The molecule has 0 bridgehead atoms. The molecule has 1 unspecified atom stereocenters. The van der Waals surface area contributed by atoms with E-state index in [0.29, 0.717) is 18.5 Å². The minimum Gasteiger partial charge on any atom is -0.454 e. The third-order valence-corrected chi connectivity index (χ3v) is 5.88. The number of rotatable bonds is 4. The molecule has 22 heavy (non-hydrogen) atoms. The fourth-order valence-corrected chi connectivity index (χ4v) is 4.28. The van der Waals surface area contributed by atoms with E-state index in [1.807, 2.05) is 22.7 Å². The van der Waals surface area contributed by atoms with Crippen LogP contribution in [0.15, 0.2) is 18.2 Å². The number of amides is 1. The Morgan fingerprint density at radius 2 is 2.18 bits per heavy atom. The maximum atomic E-state index is 12.2. The van der Waals surface area contributed by atoms with Gasteiger partial charge in [-0.2, -0.15) is 11.8 Å². The Balaban J connectivity index is 1.61. The molecular weight excluding hydrogens is 366 g/mol. The molecule has 120 valence electrons. The van der Waals surface area contributed by atoms with Gasteiger partial charge in [-0.15, -0.1) is 0 Å². The highest BCUT2D eigenvalue weighted by atomic mass is 79.9. The maximum Gasteiger partial charge on any atom is 0.231 e. The van der Waals surface area contributed by atoms with Crippen LogP contribution in [0.2, 0.25) is 0 Å². The number of alkyl halides is 1. The Morgan fingerprint density at radius 3 is 3.05 bits per heavy atom. The molecule has 1 saturated heterocycles. The molecule has 6 heteroatoms. The summed E-state index contributed by atoms with van der Waals surface area (Å²) in [6.45, 7) is 2.01. The molecule has 2 aliphatic rings. The third kappa shape index (κ3) is 3.71. The van der Waals surface area contributed by atoms with Gasteiger partial charge < -0.3 is 14.4 Å². The molecular formula is C16H20BrNO3S. The monoisotopic (exact) mass is 385 g/mol. The number of hydrogen-bond donors (Lipinski definition) is 0. The third-order valence-electron chi connectivity index (χ3n) is 3.99. The van der Waals surface area contributed by atoms with Gasteiger partial charge in [0.15, 0.2) is 11.5 Å². The highest BCUT2D eigenvalue weighted by Crippen LogP contribution is 2.40. The molecule has 1 fully saturated rings. The van der Waals surface area contributed by atoms with Crippen LogP contribution in [0, 0.1) is 0 Å². The molecule has 4 nitrogen and oxygen atoms in total. The summed E-state index contributed by atoms with van der Waals surface area (Å²) in [6, 6.07) is 6.19. The van der Waals surface area contributed by atoms with E-state index in [2.05, 4.69) is 28.1 Å². The Labute approximate surface area is 143 Å². The zero-order valence-electron chi connectivity index (χ0n) is 12.4. The first-order valence-corrected chi connectivity index (χ1v) is 9.80. The zero-order valence-corrected chi connectivity index (χ0v) is 14.8. The predicted molar refractivity (Wildman–Crippen MR) is 92.0 cm³/mol. The second kappa shape index (κ2) is 7.59. The number of ether oxygens (including phenoxy) is 2. The highest BCUT2D eigenvalue weighted by Gasteiger charge is 2.23. The summed E-state index contributed by atoms with van der Waals surface area (Å²) in [5, 5.41) is 1.31. The number of thioether (sulfide) groups is 1. The normalized spacial score (nSPS) is 20.8. The maximum absolute atomic E-state index is 12.2. The van der Waals surface area contributed by atoms with Crippen molar-refractivity contribution in [3.05, 3.63) is 23.8 Å². The first kappa shape index (κ1) is 16.0. The number of carbonyl (C=O) groups excluding carboxylic acids is 1. The van der Waals surface area contributed by atoms with Gasteiger partial charge >= 0.3 is 0 Å². The summed E-state index contributed by atoms with van der Waals surface area (Å²) in [5.41, 5.74) is 1.27. The van der Waals surface area contributed by atoms with E-state index in [9.17, 15) is 4.79 Å². The first-order valence-electron chi connectivity index (χ1n) is 7.63. The van der Waals surface area contributed by atoms with Gasteiger partial charge in [0.2, 0.25) is 12.7 Å². The second-order valence-corrected chi connectivity index (χ2v) is 7.54. The van der Waals surface area contributed by atoms with Crippen LogP contribution in [0.5, 0.6) is 11.5 Å². The zero-order chi connectivity index (χ0) is 15.4. The molecule has 0 N–H and O–H groups in total. The average molecular weight is 386 g/mol. The van der Waals surface area contributed by atoms with Crippen molar-refractivity contribution < 1.29 is 14.3 Å². The lowest BCUT2D eigenvalue weighted by molar-refractivity contribution is -0.130. The largest absolute Gasteiger partial charge is 0.454 e. The molecule has 1 amide bonds. The molecule has 2 heterocycles. The molecule has 0 radical (unpaired) electrons. The summed E-state index contributed by atoms with van der Waals surface area (Å²) in [7, 11) is 0. The van der Waals surface area contributed by atoms with Crippen molar-refractivity contribution in [3.63, 3.8) is 0 Å². The summed E-state index contributed by atoms with van der Waals surface area (Å²) >= 11 is 5.31. The molecule has 3 rings (SSSR count). The number of fused-ring (bicyclic) bond motifs is 1. The van der Waals surface area contributed by atoms with Crippen LogP contribution in [-0.2, 0) is 4.79 Å². The minimum absolute atomic E-state index is 0.284. The van der Waals surface area contributed by atoms with Crippen LogP contribution in [0.25, 0.3) is 0 Å². The fraction of sp³-hybridized carbons (Fsp3) is 0.562. The van der Waals surface area contributed by atoms with Gasteiger partial charge in [-0.05, 0) is 30.5 Å². The Kier molecular flexibility index (Phi) is 5.52. The second-order valence-electron chi connectivity index (χ2n) is 5.43. The number of benzene rings is 1. The molecule has 0 saturated carbocycles. The van der Waals surface area contributed by atoms with Gasteiger partial charge in [0.05, 0.1) is 0 Å². The lowest BCUT2D eigenvalue weighted by Crippen LogP contribution is -2.32. The molecule has 1 aromatic rings. The van der Waals surface area contributed by atoms with Crippen molar-refractivity contribution in [1.82, 2.24) is 4.90 Å². The van der Waals surface area contributed by atoms with Gasteiger partial charge in [-0.25, -0.2) is 0 Å². The molecule has 0 aliphatic carbocycles. The Hall–Kier alpha value is -0.880. The van der Waals surface area contributed by atoms with Gasteiger partial charge in [0.25, 0.3) is 0 Å². The van der Waals surface area contributed by atoms with Crippen LogP contribution in [0.3, 0.4) is 0 Å². The number of hydrogen-bond acceptors (Lipinski definition) is 4. The van der Waals surface area contributed by atoms with E-state index in [0.717, 1.165) is 48.5 Å². The van der Waals surface area contributed by atoms with Crippen molar-refractivity contribution in [1.29, 1.82) is 0 Å². The topological polar surface area (TPSA) is 38.8 Å². The summed E-state index contributed by atoms with van der Waals surface area (Å²) in [5.74, 6) is 2.94. The summed E-state index contributed by atoms with van der Waals surface area (Å²) < 4.78 is 10.8. The van der Waals surface area contributed by atoms with Gasteiger partial charge in [0, 0.05) is 35.8 Å². The Morgan fingerprint density at radius 1 is 1.32 bits per heavy atom. The summed E-state index contributed by atoms with van der Waals surface area (Å²) in [6.07, 6.45) is 2.54. The molecule has 1 atom stereocenters. The minimum atomic E-state index is 0.284. The van der Waals surface area contributed by atoms with Crippen LogP contribution in [0.4, 0.5) is 0 Å². The van der Waals surface area contributed by atoms with Gasteiger partial charge in [-0.3, -0.25) is 4.79 Å².